The smallest absolute Gasteiger partial charge is 0.387 e. The van der Waals surface area contributed by atoms with E-state index in [1.54, 1.807) is 19.1 Å². The van der Waals surface area contributed by atoms with Gasteiger partial charge in [-0.1, -0.05) is 29.3 Å². The molecule has 3 rings (SSSR count). The highest BCUT2D eigenvalue weighted by molar-refractivity contribution is 6.29. The molecular weight excluding hydrogens is 359 g/mol. The molecule has 0 aliphatic carbocycles. The molecule has 9 heteroatoms. The van der Waals surface area contributed by atoms with Gasteiger partial charge >= 0.3 is 6.61 Å². The van der Waals surface area contributed by atoms with E-state index < -0.39 is 18.0 Å². The van der Waals surface area contributed by atoms with E-state index in [1.807, 2.05) is 0 Å². The molecule has 2 heterocycles. The number of rotatable bonds is 4. The molecule has 2 aromatic heterocycles. The normalized spacial score (nSPS) is 11.5. The second-order valence-corrected chi connectivity index (χ2v) is 5.87. The van der Waals surface area contributed by atoms with Crippen LogP contribution in [0.5, 0.6) is 5.75 Å². The first-order valence-corrected chi connectivity index (χ1v) is 7.61. The Hall–Kier alpha value is -2.48. The maximum Gasteiger partial charge on any atom is 0.387 e. The van der Waals surface area contributed by atoms with Crippen molar-refractivity contribution in [1.82, 2.24) is 14.3 Å². The number of nitrogens with zero attached hydrogens (tertiary/aromatic N) is 3. The SMILES string of the molecule is Cc1ccc(OC(F)F)c(Cn2c3nc(Cl)c(F)cc3c(=O)n2C)c1. The topological polar surface area (TPSA) is 49.1 Å². The molecule has 0 spiro atoms. The largest absolute Gasteiger partial charge is 0.434 e. The van der Waals surface area contributed by atoms with Gasteiger partial charge in [0.05, 0.1) is 11.9 Å². The minimum Gasteiger partial charge on any atom is -0.434 e. The lowest BCUT2D eigenvalue weighted by molar-refractivity contribution is -0.0505. The van der Waals surface area contributed by atoms with Crippen LogP contribution in [0.2, 0.25) is 5.15 Å². The fourth-order valence-electron chi connectivity index (χ4n) is 2.62. The van der Waals surface area contributed by atoms with Crippen molar-refractivity contribution in [3.63, 3.8) is 0 Å². The summed E-state index contributed by atoms with van der Waals surface area (Å²) in [4.78, 5) is 16.2. The standard InChI is InChI=1S/C16H13ClF3N3O2/c1-8-3-4-12(25-16(19)20)9(5-8)7-23-14-10(15(24)22(23)2)6-11(18)13(17)21-14/h3-6,16H,7H2,1-2H3. The predicted molar refractivity (Wildman–Crippen MR) is 86.9 cm³/mol. The van der Waals surface area contributed by atoms with Gasteiger partial charge in [-0.3, -0.25) is 14.2 Å². The number of aryl methyl sites for hydroxylation is 1. The van der Waals surface area contributed by atoms with Gasteiger partial charge in [0.1, 0.15) is 5.75 Å². The van der Waals surface area contributed by atoms with Crippen LogP contribution in [-0.4, -0.2) is 21.0 Å². The van der Waals surface area contributed by atoms with Gasteiger partial charge in [0.25, 0.3) is 5.56 Å². The van der Waals surface area contributed by atoms with Crippen molar-refractivity contribution in [3.05, 3.63) is 56.7 Å². The molecule has 0 saturated heterocycles. The minimum absolute atomic E-state index is 0.0110. The Morgan fingerprint density at radius 2 is 2.04 bits per heavy atom. The third-order valence-corrected chi connectivity index (χ3v) is 4.06. The van der Waals surface area contributed by atoms with Crippen LogP contribution in [0.25, 0.3) is 11.0 Å². The monoisotopic (exact) mass is 371 g/mol. The van der Waals surface area contributed by atoms with E-state index in [9.17, 15) is 18.0 Å². The number of ether oxygens (including phenoxy) is 1. The lowest BCUT2D eigenvalue weighted by atomic mass is 10.1. The molecule has 0 amide bonds. The Labute approximate surface area is 145 Å². The van der Waals surface area contributed by atoms with Gasteiger partial charge in [-0.05, 0) is 19.1 Å². The maximum absolute atomic E-state index is 13.6. The first-order valence-electron chi connectivity index (χ1n) is 7.24. The van der Waals surface area contributed by atoms with E-state index in [0.29, 0.717) is 5.56 Å². The molecule has 0 aliphatic rings. The van der Waals surface area contributed by atoms with E-state index in [2.05, 4.69) is 9.72 Å². The summed E-state index contributed by atoms with van der Waals surface area (Å²) in [7, 11) is 1.47. The summed E-state index contributed by atoms with van der Waals surface area (Å²) < 4.78 is 46.0. The lowest BCUT2D eigenvalue weighted by Gasteiger charge is -2.14. The molecule has 0 atom stereocenters. The number of hydrogen-bond acceptors (Lipinski definition) is 3. The van der Waals surface area contributed by atoms with E-state index in [4.69, 9.17) is 11.6 Å². The predicted octanol–water partition coefficient (Wildman–Crippen LogP) is 3.49. The van der Waals surface area contributed by atoms with Crippen molar-refractivity contribution in [3.8, 4) is 5.75 Å². The molecule has 0 unspecified atom stereocenters. The molecule has 1 aromatic carbocycles. The quantitative estimate of drug-likeness (QED) is 0.660. The van der Waals surface area contributed by atoms with Crippen molar-refractivity contribution in [2.24, 2.45) is 7.05 Å². The van der Waals surface area contributed by atoms with Crippen molar-refractivity contribution < 1.29 is 17.9 Å². The summed E-state index contributed by atoms with van der Waals surface area (Å²) in [6.45, 7) is -1.16. The molecule has 0 N–H and O–H groups in total. The number of fused-ring (bicyclic) bond motifs is 1. The second kappa shape index (κ2) is 6.44. The highest BCUT2D eigenvalue weighted by Crippen LogP contribution is 2.25. The summed E-state index contributed by atoms with van der Waals surface area (Å²) in [6.07, 6.45) is 0. The number of halogens is 4. The van der Waals surface area contributed by atoms with Crippen molar-refractivity contribution >= 4 is 22.6 Å². The number of alkyl halides is 2. The van der Waals surface area contributed by atoms with Crippen LogP contribution in [0, 0.1) is 12.7 Å². The maximum atomic E-state index is 13.6. The van der Waals surface area contributed by atoms with Gasteiger partial charge in [0.2, 0.25) is 0 Å². The molecule has 5 nitrogen and oxygen atoms in total. The molecule has 25 heavy (non-hydrogen) atoms. The lowest BCUT2D eigenvalue weighted by Crippen LogP contribution is -2.20. The van der Waals surface area contributed by atoms with Crippen LogP contribution in [0.4, 0.5) is 13.2 Å². The van der Waals surface area contributed by atoms with Crippen LogP contribution >= 0.6 is 11.6 Å². The third-order valence-electron chi connectivity index (χ3n) is 3.80. The minimum atomic E-state index is -2.98. The fraction of sp³-hybridized carbons (Fsp3) is 0.250. The highest BCUT2D eigenvalue weighted by atomic mass is 35.5. The Morgan fingerprint density at radius 1 is 1.32 bits per heavy atom. The molecular formula is C16H13ClF3N3O2. The average Bonchev–Trinajstić information content (AvgIpc) is 2.75. The zero-order chi connectivity index (χ0) is 18.3. The summed E-state index contributed by atoms with van der Waals surface area (Å²) >= 11 is 5.71. The molecule has 0 bridgehead atoms. The summed E-state index contributed by atoms with van der Waals surface area (Å²) in [5, 5.41) is -0.325. The van der Waals surface area contributed by atoms with Gasteiger partial charge in [-0.15, -0.1) is 0 Å². The highest BCUT2D eigenvalue weighted by Gasteiger charge is 2.18. The third kappa shape index (κ3) is 3.21. The van der Waals surface area contributed by atoms with E-state index >= 15 is 0 Å². The molecule has 3 aromatic rings. The Bertz CT molecular complexity index is 1010. The molecule has 0 aliphatic heterocycles. The van der Waals surface area contributed by atoms with Crippen LogP contribution in [0.1, 0.15) is 11.1 Å². The number of pyridine rings is 1. The molecule has 0 radical (unpaired) electrons. The molecule has 0 fully saturated rings. The fourth-order valence-corrected chi connectivity index (χ4v) is 2.76. The van der Waals surface area contributed by atoms with Gasteiger partial charge in [-0.2, -0.15) is 8.78 Å². The van der Waals surface area contributed by atoms with Crippen LogP contribution in [-0.2, 0) is 13.6 Å². The van der Waals surface area contributed by atoms with E-state index in [1.165, 1.54) is 22.5 Å². The van der Waals surface area contributed by atoms with Crippen molar-refractivity contribution in [2.75, 3.05) is 0 Å². The molecule has 0 saturated carbocycles. The number of benzene rings is 1. The van der Waals surface area contributed by atoms with Gasteiger partial charge in [0, 0.05) is 12.6 Å². The van der Waals surface area contributed by atoms with Crippen LogP contribution in [0.15, 0.2) is 29.1 Å². The van der Waals surface area contributed by atoms with Crippen LogP contribution in [0.3, 0.4) is 0 Å². The van der Waals surface area contributed by atoms with Gasteiger partial charge in [-0.25, -0.2) is 9.37 Å². The Morgan fingerprint density at radius 3 is 2.72 bits per heavy atom. The number of aromatic nitrogens is 3. The zero-order valence-corrected chi connectivity index (χ0v) is 14.0. The first-order chi connectivity index (χ1) is 11.8. The Balaban J connectivity index is 2.16. The van der Waals surface area contributed by atoms with Crippen molar-refractivity contribution in [2.45, 2.75) is 20.1 Å². The summed E-state index contributed by atoms with van der Waals surface area (Å²) in [5.41, 5.74) is 0.940. The second-order valence-electron chi connectivity index (χ2n) is 5.51. The van der Waals surface area contributed by atoms with Crippen molar-refractivity contribution in [1.29, 1.82) is 0 Å². The van der Waals surface area contributed by atoms with Gasteiger partial charge in [0.15, 0.2) is 16.6 Å². The van der Waals surface area contributed by atoms with E-state index in [0.717, 1.165) is 11.6 Å². The summed E-state index contributed by atoms with van der Waals surface area (Å²) in [5.74, 6) is -0.815. The Kier molecular flexibility index (Phi) is 4.47. The average molecular weight is 372 g/mol. The first kappa shape index (κ1) is 17.3. The number of hydrogen-bond donors (Lipinski definition) is 0. The summed E-state index contributed by atoms with van der Waals surface area (Å²) in [6, 6.07) is 5.74. The van der Waals surface area contributed by atoms with Crippen LogP contribution < -0.4 is 10.3 Å². The molecule has 132 valence electrons. The van der Waals surface area contributed by atoms with E-state index in [-0.39, 0.29) is 28.5 Å². The van der Waals surface area contributed by atoms with Gasteiger partial charge < -0.3 is 4.74 Å². The zero-order valence-electron chi connectivity index (χ0n) is 13.3.